The summed E-state index contributed by atoms with van der Waals surface area (Å²) in [5.41, 5.74) is 1.03. The first-order chi connectivity index (χ1) is 11.4. The molecule has 0 saturated heterocycles. The standard InChI is InChI=1S/C16H13N3O4S/c17-24(21,22)15-8-6-13(7-9-15)19-11-14(10-18-19)23-16(20)12-4-2-1-3-5-12/h1-11H,(H2,17,21,22). The Hall–Kier alpha value is -2.97. The Morgan fingerprint density at radius 2 is 1.71 bits per heavy atom. The summed E-state index contributed by atoms with van der Waals surface area (Å²) in [7, 11) is -3.74. The number of rotatable bonds is 4. The topological polar surface area (TPSA) is 104 Å². The number of carbonyl (C=O) groups is 1. The van der Waals surface area contributed by atoms with Crippen LogP contribution in [-0.4, -0.2) is 24.2 Å². The zero-order valence-corrected chi connectivity index (χ0v) is 13.2. The summed E-state index contributed by atoms with van der Waals surface area (Å²) in [4.78, 5) is 12.0. The van der Waals surface area contributed by atoms with Crippen molar-refractivity contribution < 1.29 is 17.9 Å². The van der Waals surface area contributed by atoms with Crippen molar-refractivity contribution in [3.8, 4) is 11.4 Å². The lowest BCUT2D eigenvalue weighted by Crippen LogP contribution is -2.12. The van der Waals surface area contributed by atoms with Crippen molar-refractivity contribution in [1.29, 1.82) is 0 Å². The molecule has 7 nitrogen and oxygen atoms in total. The van der Waals surface area contributed by atoms with E-state index in [1.807, 2.05) is 0 Å². The minimum Gasteiger partial charge on any atom is -0.420 e. The molecule has 8 heteroatoms. The van der Waals surface area contributed by atoms with E-state index < -0.39 is 16.0 Å². The maximum atomic E-state index is 12.0. The van der Waals surface area contributed by atoms with Gasteiger partial charge in [0, 0.05) is 0 Å². The molecule has 3 aromatic rings. The maximum absolute atomic E-state index is 12.0. The SMILES string of the molecule is NS(=O)(=O)c1ccc(-n2cc(OC(=O)c3ccccc3)cn2)cc1. The zero-order chi connectivity index (χ0) is 17.2. The number of carbonyl (C=O) groups excluding carboxylic acids is 1. The maximum Gasteiger partial charge on any atom is 0.343 e. The molecule has 1 aromatic heterocycles. The van der Waals surface area contributed by atoms with E-state index in [2.05, 4.69) is 5.10 Å². The molecule has 2 aromatic carbocycles. The van der Waals surface area contributed by atoms with Crippen LogP contribution in [0.3, 0.4) is 0 Å². The molecule has 0 atom stereocenters. The lowest BCUT2D eigenvalue weighted by atomic mass is 10.2. The summed E-state index contributed by atoms with van der Waals surface area (Å²) in [6, 6.07) is 14.5. The molecule has 0 radical (unpaired) electrons. The number of ether oxygens (including phenoxy) is 1. The van der Waals surface area contributed by atoms with E-state index in [1.165, 1.54) is 29.2 Å². The van der Waals surface area contributed by atoms with Crippen LogP contribution in [-0.2, 0) is 10.0 Å². The Balaban J connectivity index is 1.77. The molecule has 3 rings (SSSR count). The van der Waals surface area contributed by atoms with Crippen LogP contribution >= 0.6 is 0 Å². The van der Waals surface area contributed by atoms with Gasteiger partial charge in [-0.15, -0.1) is 0 Å². The van der Waals surface area contributed by atoms with Crippen molar-refractivity contribution in [2.45, 2.75) is 4.90 Å². The Morgan fingerprint density at radius 1 is 1.04 bits per heavy atom. The lowest BCUT2D eigenvalue weighted by Gasteiger charge is -2.03. The fourth-order valence-electron chi connectivity index (χ4n) is 2.03. The molecule has 2 N–H and O–H groups in total. The van der Waals surface area contributed by atoms with E-state index in [0.29, 0.717) is 11.3 Å². The van der Waals surface area contributed by atoms with Gasteiger partial charge in [0.05, 0.1) is 28.5 Å². The van der Waals surface area contributed by atoms with Crippen molar-refractivity contribution >= 4 is 16.0 Å². The van der Waals surface area contributed by atoms with Gasteiger partial charge in [-0.3, -0.25) is 0 Å². The third-order valence-electron chi connectivity index (χ3n) is 3.21. The Bertz CT molecular complexity index is 964. The van der Waals surface area contributed by atoms with Crippen molar-refractivity contribution in [2.24, 2.45) is 5.14 Å². The van der Waals surface area contributed by atoms with E-state index in [1.54, 1.807) is 42.5 Å². The molecule has 0 fully saturated rings. The van der Waals surface area contributed by atoms with E-state index in [-0.39, 0.29) is 10.6 Å². The molecular weight excluding hydrogens is 330 g/mol. The predicted octanol–water partition coefficient (Wildman–Crippen LogP) is 1.74. The van der Waals surface area contributed by atoms with Crippen LogP contribution < -0.4 is 9.88 Å². The fraction of sp³-hybridized carbons (Fsp3) is 0. The van der Waals surface area contributed by atoms with Gasteiger partial charge >= 0.3 is 5.97 Å². The monoisotopic (exact) mass is 343 g/mol. The second-order valence-corrected chi connectivity index (χ2v) is 6.48. The number of benzene rings is 2. The van der Waals surface area contributed by atoms with Crippen LogP contribution in [0.1, 0.15) is 10.4 Å². The van der Waals surface area contributed by atoms with Gasteiger partial charge in [0.1, 0.15) is 0 Å². The van der Waals surface area contributed by atoms with Crippen LogP contribution in [0.5, 0.6) is 5.75 Å². The highest BCUT2D eigenvalue weighted by atomic mass is 32.2. The van der Waals surface area contributed by atoms with Gasteiger partial charge in [-0.1, -0.05) is 18.2 Å². The van der Waals surface area contributed by atoms with E-state index in [9.17, 15) is 13.2 Å². The van der Waals surface area contributed by atoms with E-state index >= 15 is 0 Å². The highest BCUT2D eigenvalue weighted by Gasteiger charge is 2.11. The van der Waals surface area contributed by atoms with Gasteiger partial charge < -0.3 is 4.74 Å². The Kier molecular flexibility index (Phi) is 4.15. The van der Waals surface area contributed by atoms with Crippen LogP contribution in [0.15, 0.2) is 71.9 Å². The Morgan fingerprint density at radius 3 is 2.33 bits per heavy atom. The number of nitrogens with zero attached hydrogens (tertiary/aromatic N) is 2. The molecule has 0 aliphatic rings. The first-order valence-corrected chi connectivity index (χ1v) is 8.43. The van der Waals surface area contributed by atoms with Gasteiger partial charge in [-0.2, -0.15) is 5.10 Å². The van der Waals surface area contributed by atoms with Crippen molar-refractivity contribution in [1.82, 2.24) is 9.78 Å². The van der Waals surface area contributed by atoms with Gasteiger partial charge in [0.2, 0.25) is 10.0 Å². The molecule has 1 heterocycles. The Labute approximate surface area is 138 Å². The second kappa shape index (κ2) is 6.26. The summed E-state index contributed by atoms with van der Waals surface area (Å²) >= 11 is 0. The number of hydrogen-bond acceptors (Lipinski definition) is 5. The van der Waals surface area contributed by atoms with Crippen molar-refractivity contribution in [3.63, 3.8) is 0 Å². The summed E-state index contributed by atoms with van der Waals surface area (Å²) in [5.74, 6) is -0.209. The average Bonchev–Trinajstić information content (AvgIpc) is 3.03. The van der Waals surface area contributed by atoms with E-state index in [4.69, 9.17) is 9.88 Å². The van der Waals surface area contributed by atoms with Gasteiger partial charge in [-0.05, 0) is 36.4 Å². The van der Waals surface area contributed by atoms with Gasteiger partial charge in [0.15, 0.2) is 5.75 Å². The van der Waals surface area contributed by atoms with Crippen LogP contribution in [0.25, 0.3) is 5.69 Å². The summed E-state index contributed by atoms with van der Waals surface area (Å²) < 4.78 is 29.2. The molecule has 0 saturated carbocycles. The van der Waals surface area contributed by atoms with Crippen LogP contribution in [0, 0.1) is 0 Å². The molecule has 122 valence electrons. The summed E-state index contributed by atoms with van der Waals surface area (Å²) in [5, 5.41) is 9.14. The molecular formula is C16H13N3O4S. The predicted molar refractivity (Wildman–Crippen MR) is 86.3 cm³/mol. The zero-order valence-electron chi connectivity index (χ0n) is 12.4. The number of primary sulfonamides is 1. The molecule has 24 heavy (non-hydrogen) atoms. The largest absolute Gasteiger partial charge is 0.420 e. The number of esters is 1. The molecule has 0 aliphatic heterocycles. The third kappa shape index (κ3) is 3.50. The highest BCUT2D eigenvalue weighted by Crippen LogP contribution is 2.17. The van der Waals surface area contributed by atoms with Gasteiger partial charge in [-0.25, -0.2) is 23.0 Å². The minimum atomic E-state index is -3.74. The second-order valence-electron chi connectivity index (χ2n) is 4.92. The number of sulfonamides is 1. The number of aromatic nitrogens is 2. The van der Waals surface area contributed by atoms with Crippen LogP contribution in [0.4, 0.5) is 0 Å². The molecule has 0 spiro atoms. The molecule has 0 unspecified atom stereocenters. The van der Waals surface area contributed by atoms with E-state index in [0.717, 1.165) is 0 Å². The molecule has 0 aliphatic carbocycles. The smallest absolute Gasteiger partial charge is 0.343 e. The first kappa shape index (κ1) is 15.9. The highest BCUT2D eigenvalue weighted by molar-refractivity contribution is 7.89. The lowest BCUT2D eigenvalue weighted by molar-refractivity contribution is 0.0734. The van der Waals surface area contributed by atoms with Gasteiger partial charge in [0.25, 0.3) is 0 Å². The third-order valence-corrected chi connectivity index (χ3v) is 4.14. The first-order valence-electron chi connectivity index (χ1n) is 6.88. The fourth-order valence-corrected chi connectivity index (χ4v) is 2.54. The quantitative estimate of drug-likeness (QED) is 0.727. The van der Waals surface area contributed by atoms with Crippen molar-refractivity contribution in [3.05, 3.63) is 72.6 Å². The average molecular weight is 343 g/mol. The number of hydrogen-bond donors (Lipinski definition) is 1. The van der Waals surface area contributed by atoms with Crippen molar-refractivity contribution in [2.75, 3.05) is 0 Å². The molecule has 0 bridgehead atoms. The minimum absolute atomic E-state index is 0.00846. The normalized spacial score (nSPS) is 11.2. The molecule has 0 amide bonds. The number of nitrogens with two attached hydrogens (primary N) is 1. The van der Waals surface area contributed by atoms with Crippen LogP contribution in [0.2, 0.25) is 0 Å². The summed E-state index contributed by atoms with van der Waals surface area (Å²) in [6.07, 6.45) is 2.92. The summed E-state index contributed by atoms with van der Waals surface area (Å²) in [6.45, 7) is 0.